The molecule has 3 aromatic rings. The van der Waals surface area contributed by atoms with E-state index in [2.05, 4.69) is 20.9 Å². The number of aromatic hydroxyl groups is 1. The van der Waals surface area contributed by atoms with E-state index in [9.17, 15) is 14.7 Å². The van der Waals surface area contributed by atoms with Crippen molar-refractivity contribution in [3.05, 3.63) is 57.8 Å². The van der Waals surface area contributed by atoms with Crippen molar-refractivity contribution in [1.29, 1.82) is 0 Å². The minimum Gasteiger partial charge on any atom is -0.504 e. The van der Waals surface area contributed by atoms with Crippen molar-refractivity contribution in [3.8, 4) is 11.4 Å². The molecule has 0 saturated carbocycles. The molecule has 0 radical (unpaired) electrons. The van der Waals surface area contributed by atoms with Crippen LogP contribution >= 0.6 is 11.3 Å². The maximum absolute atomic E-state index is 12.3. The standard InChI is InChI=1S/C18H19N5O3S/c1-3-7-14-19-11(2)16(27-14)18(26)21-20-17(25)15-13(24)10-23(22-15)12-8-5-4-6-9-12/h4-6,8-10,24H,3,7H2,1-2H3,(H,20,25)(H,21,26). The van der Waals surface area contributed by atoms with Gasteiger partial charge in [0, 0.05) is 0 Å². The van der Waals surface area contributed by atoms with Crippen molar-refractivity contribution in [2.24, 2.45) is 0 Å². The zero-order valence-corrected chi connectivity index (χ0v) is 15.7. The van der Waals surface area contributed by atoms with Gasteiger partial charge in [0.1, 0.15) is 4.88 Å². The molecule has 140 valence electrons. The Morgan fingerprint density at radius 2 is 1.89 bits per heavy atom. The summed E-state index contributed by atoms with van der Waals surface area (Å²) in [6, 6.07) is 9.06. The van der Waals surface area contributed by atoms with Crippen molar-refractivity contribution in [2.45, 2.75) is 26.7 Å². The third kappa shape index (κ3) is 4.14. The number of thiazole rings is 1. The van der Waals surface area contributed by atoms with Gasteiger partial charge in [0.15, 0.2) is 11.4 Å². The van der Waals surface area contributed by atoms with Crippen LogP contribution in [0.5, 0.6) is 5.75 Å². The lowest BCUT2D eigenvalue weighted by Crippen LogP contribution is -2.41. The molecule has 9 heteroatoms. The molecule has 3 N–H and O–H groups in total. The minimum absolute atomic E-state index is 0.188. The average molecular weight is 385 g/mol. The minimum atomic E-state index is -0.716. The van der Waals surface area contributed by atoms with E-state index in [0.29, 0.717) is 16.3 Å². The number of nitrogens with one attached hydrogen (secondary N) is 2. The Bertz CT molecular complexity index is 965. The molecule has 2 aromatic heterocycles. The Morgan fingerprint density at radius 3 is 2.59 bits per heavy atom. The molecule has 0 spiro atoms. The quantitative estimate of drug-likeness (QED) is 0.584. The molecular weight excluding hydrogens is 366 g/mol. The predicted octanol–water partition coefficient (Wildman–Crippen LogP) is 2.37. The van der Waals surface area contributed by atoms with E-state index in [-0.39, 0.29) is 11.4 Å². The SMILES string of the molecule is CCCc1nc(C)c(C(=O)NNC(=O)c2nn(-c3ccccc3)cc2O)s1. The fourth-order valence-electron chi connectivity index (χ4n) is 2.45. The lowest BCUT2D eigenvalue weighted by atomic mass is 10.3. The molecule has 0 aliphatic heterocycles. The summed E-state index contributed by atoms with van der Waals surface area (Å²) in [5.74, 6) is -1.46. The molecule has 0 atom stereocenters. The van der Waals surface area contributed by atoms with E-state index in [1.54, 1.807) is 19.1 Å². The van der Waals surface area contributed by atoms with Gasteiger partial charge in [0.2, 0.25) is 0 Å². The molecule has 0 fully saturated rings. The topological polar surface area (TPSA) is 109 Å². The van der Waals surface area contributed by atoms with Gasteiger partial charge in [-0.15, -0.1) is 11.3 Å². The van der Waals surface area contributed by atoms with Gasteiger partial charge in [-0.05, 0) is 31.9 Å². The first-order valence-electron chi connectivity index (χ1n) is 8.40. The number of para-hydroxylation sites is 1. The highest BCUT2D eigenvalue weighted by atomic mass is 32.1. The molecule has 3 rings (SSSR count). The second-order valence-corrected chi connectivity index (χ2v) is 6.91. The van der Waals surface area contributed by atoms with Crippen LogP contribution in [0, 0.1) is 6.92 Å². The van der Waals surface area contributed by atoms with Crippen LogP contribution in [0.25, 0.3) is 5.69 Å². The maximum Gasteiger partial charge on any atom is 0.294 e. The molecule has 0 aliphatic carbocycles. The van der Waals surface area contributed by atoms with Gasteiger partial charge in [0.05, 0.1) is 22.6 Å². The first kappa shape index (κ1) is 18.6. The summed E-state index contributed by atoms with van der Waals surface area (Å²) in [5.41, 5.74) is 5.74. The van der Waals surface area contributed by atoms with E-state index in [1.165, 1.54) is 22.2 Å². The van der Waals surface area contributed by atoms with Crippen LogP contribution < -0.4 is 10.9 Å². The van der Waals surface area contributed by atoms with E-state index < -0.39 is 11.8 Å². The van der Waals surface area contributed by atoms with Crippen molar-refractivity contribution in [1.82, 2.24) is 25.6 Å². The number of aromatic nitrogens is 3. The Hall–Kier alpha value is -3.20. The van der Waals surface area contributed by atoms with Crippen molar-refractivity contribution < 1.29 is 14.7 Å². The number of amides is 2. The monoisotopic (exact) mass is 385 g/mol. The lowest BCUT2D eigenvalue weighted by molar-refractivity contribution is 0.0843. The summed E-state index contributed by atoms with van der Waals surface area (Å²) < 4.78 is 1.39. The predicted molar refractivity (Wildman–Crippen MR) is 101 cm³/mol. The number of hydrazine groups is 1. The van der Waals surface area contributed by atoms with Crippen LogP contribution in [0.3, 0.4) is 0 Å². The van der Waals surface area contributed by atoms with Crippen molar-refractivity contribution in [3.63, 3.8) is 0 Å². The van der Waals surface area contributed by atoms with Crippen molar-refractivity contribution in [2.75, 3.05) is 0 Å². The summed E-state index contributed by atoms with van der Waals surface area (Å²) in [5, 5.41) is 14.9. The van der Waals surface area contributed by atoms with Gasteiger partial charge in [-0.25, -0.2) is 9.67 Å². The summed E-state index contributed by atoms with van der Waals surface area (Å²) in [4.78, 5) is 29.3. The Kier molecular flexibility index (Phi) is 5.51. The van der Waals surface area contributed by atoms with Gasteiger partial charge in [-0.3, -0.25) is 20.4 Å². The van der Waals surface area contributed by atoms with Gasteiger partial charge in [-0.2, -0.15) is 5.10 Å². The largest absolute Gasteiger partial charge is 0.504 e. The molecule has 8 nitrogen and oxygen atoms in total. The van der Waals surface area contributed by atoms with Crippen LogP contribution in [0.15, 0.2) is 36.5 Å². The molecule has 0 unspecified atom stereocenters. The zero-order valence-electron chi connectivity index (χ0n) is 14.9. The fraction of sp³-hybridized carbons (Fsp3) is 0.222. The van der Waals surface area contributed by atoms with Gasteiger partial charge in [0.25, 0.3) is 11.8 Å². The second-order valence-electron chi connectivity index (χ2n) is 5.82. The number of benzene rings is 1. The number of hydrogen-bond donors (Lipinski definition) is 3. The highest BCUT2D eigenvalue weighted by molar-refractivity contribution is 7.13. The Balaban J connectivity index is 1.67. The van der Waals surface area contributed by atoms with Crippen molar-refractivity contribution >= 4 is 23.2 Å². The molecule has 27 heavy (non-hydrogen) atoms. The smallest absolute Gasteiger partial charge is 0.294 e. The fourth-order valence-corrected chi connectivity index (χ4v) is 3.51. The zero-order chi connectivity index (χ0) is 19.4. The lowest BCUT2D eigenvalue weighted by Gasteiger charge is -2.05. The van der Waals surface area contributed by atoms with E-state index in [1.807, 2.05) is 25.1 Å². The number of rotatable bonds is 5. The third-order valence-electron chi connectivity index (χ3n) is 3.73. The average Bonchev–Trinajstić information content (AvgIpc) is 3.23. The Morgan fingerprint density at radius 1 is 1.19 bits per heavy atom. The summed E-state index contributed by atoms with van der Waals surface area (Å²) in [6.45, 7) is 3.79. The highest BCUT2D eigenvalue weighted by Crippen LogP contribution is 2.20. The molecule has 2 heterocycles. The van der Waals surface area contributed by atoms with Crippen LogP contribution in [0.2, 0.25) is 0 Å². The molecule has 0 aliphatic rings. The first-order chi connectivity index (χ1) is 13.0. The van der Waals surface area contributed by atoms with Gasteiger partial charge < -0.3 is 5.11 Å². The maximum atomic E-state index is 12.3. The van der Waals surface area contributed by atoms with Crippen LogP contribution in [-0.4, -0.2) is 31.7 Å². The molecule has 2 amide bonds. The van der Waals surface area contributed by atoms with E-state index in [0.717, 1.165) is 17.8 Å². The number of carbonyl (C=O) groups excluding carboxylic acids is 2. The normalized spacial score (nSPS) is 10.6. The molecular formula is C18H19N5O3S. The molecule has 0 bridgehead atoms. The summed E-state index contributed by atoms with van der Waals surface area (Å²) >= 11 is 1.30. The van der Waals surface area contributed by atoms with Crippen LogP contribution in [0.1, 0.15) is 44.2 Å². The van der Waals surface area contributed by atoms with Crippen LogP contribution in [-0.2, 0) is 6.42 Å². The van der Waals surface area contributed by atoms with Gasteiger partial charge >= 0.3 is 0 Å². The molecule has 0 saturated heterocycles. The van der Waals surface area contributed by atoms with Crippen LogP contribution in [0.4, 0.5) is 0 Å². The van der Waals surface area contributed by atoms with E-state index in [4.69, 9.17) is 0 Å². The third-order valence-corrected chi connectivity index (χ3v) is 4.95. The number of hydrogen-bond acceptors (Lipinski definition) is 6. The highest BCUT2D eigenvalue weighted by Gasteiger charge is 2.20. The summed E-state index contributed by atoms with van der Waals surface area (Å²) in [6.07, 6.45) is 3.07. The Labute approximate surface area is 159 Å². The number of aryl methyl sites for hydroxylation is 2. The number of carbonyl (C=O) groups is 2. The second kappa shape index (κ2) is 8.00. The molecule has 1 aromatic carbocycles. The number of nitrogens with zero attached hydrogens (tertiary/aromatic N) is 3. The first-order valence-corrected chi connectivity index (χ1v) is 9.22. The van der Waals surface area contributed by atoms with Gasteiger partial charge in [-0.1, -0.05) is 25.1 Å². The summed E-state index contributed by atoms with van der Waals surface area (Å²) in [7, 11) is 0. The van der Waals surface area contributed by atoms with E-state index >= 15 is 0 Å².